The molecule has 0 aromatic carbocycles. The van der Waals surface area contributed by atoms with E-state index in [1.54, 1.807) is 0 Å². The first-order valence-electron chi connectivity index (χ1n) is 3.20. The number of carbonyl (C=O) groups excluding carboxylic acids is 1. The molecule has 1 nitrogen and oxygen atoms in total. The van der Waals surface area contributed by atoms with E-state index in [9.17, 15) is 18.0 Å². The van der Waals surface area contributed by atoms with Gasteiger partial charge in [0.15, 0.2) is 5.12 Å². The van der Waals surface area contributed by atoms with Gasteiger partial charge in [0, 0.05) is 12.8 Å². The zero-order valence-electron chi connectivity index (χ0n) is 5.82. The van der Waals surface area contributed by atoms with E-state index in [-0.39, 0.29) is 24.4 Å². The molecule has 0 aliphatic heterocycles. The van der Waals surface area contributed by atoms with Crippen LogP contribution in [0.25, 0.3) is 0 Å². The van der Waals surface area contributed by atoms with Crippen LogP contribution in [0, 0.1) is 0 Å². The summed E-state index contributed by atoms with van der Waals surface area (Å²) in [5, 5.41) is -0.354. The van der Waals surface area contributed by atoms with Crippen LogP contribution in [-0.4, -0.2) is 11.3 Å². The Morgan fingerprint density at radius 2 is 1.82 bits per heavy atom. The summed E-state index contributed by atoms with van der Waals surface area (Å²) in [5.41, 5.74) is 0. The van der Waals surface area contributed by atoms with Gasteiger partial charge in [-0.1, -0.05) is 0 Å². The smallest absolute Gasteiger partial charge is 0.288 e. The average Bonchev–Trinajstić information content (AvgIpc) is 1.78. The van der Waals surface area contributed by atoms with Gasteiger partial charge >= 0.3 is 6.18 Å². The van der Waals surface area contributed by atoms with Gasteiger partial charge in [-0.3, -0.25) is 4.79 Å². The minimum atomic E-state index is -4.10. The fourth-order valence-electron chi connectivity index (χ4n) is 0.602. The Morgan fingerprint density at radius 1 is 1.27 bits per heavy atom. The highest BCUT2D eigenvalue weighted by Gasteiger charge is 2.25. The summed E-state index contributed by atoms with van der Waals surface area (Å²) in [4.78, 5) is 10.2. The van der Waals surface area contributed by atoms with Crippen LogP contribution in [0.2, 0.25) is 0 Å². The van der Waals surface area contributed by atoms with Crippen LogP contribution in [0.1, 0.15) is 25.7 Å². The van der Waals surface area contributed by atoms with Gasteiger partial charge in [-0.25, -0.2) is 0 Å². The van der Waals surface area contributed by atoms with Gasteiger partial charge in [-0.2, -0.15) is 13.2 Å². The molecule has 0 N–H and O–H groups in total. The van der Waals surface area contributed by atoms with E-state index < -0.39 is 12.6 Å². The minimum absolute atomic E-state index is 0.00972. The van der Waals surface area contributed by atoms with E-state index in [2.05, 4.69) is 12.6 Å². The van der Waals surface area contributed by atoms with Crippen LogP contribution in [-0.2, 0) is 4.79 Å². The summed E-state index contributed by atoms with van der Waals surface area (Å²) in [7, 11) is 0. The van der Waals surface area contributed by atoms with Crippen LogP contribution in [0.3, 0.4) is 0 Å². The van der Waals surface area contributed by atoms with Crippen LogP contribution >= 0.6 is 12.6 Å². The molecule has 0 saturated carbocycles. The summed E-state index contributed by atoms with van der Waals surface area (Å²) >= 11 is 3.42. The van der Waals surface area contributed by atoms with E-state index in [1.807, 2.05) is 0 Å². The number of alkyl halides is 3. The molecule has 0 unspecified atom stereocenters. The molecule has 0 radical (unpaired) electrons. The summed E-state index contributed by atoms with van der Waals surface area (Å²) in [5.74, 6) is 0. The SMILES string of the molecule is O=C(S)CCCCC(F)(F)F. The summed E-state index contributed by atoms with van der Waals surface area (Å²) in [6.07, 6.45) is -4.51. The lowest BCUT2D eigenvalue weighted by Crippen LogP contribution is -2.06. The molecule has 0 rings (SSSR count). The predicted molar refractivity (Wildman–Crippen MR) is 38.5 cm³/mol. The largest absolute Gasteiger partial charge is 0.389 e. The van der Waals surface area contributed by atoms with Gasteiger partial charge in [0.2, 0.25) is 0 Å². The predicted octanol–water partition coefficient (Wildman–Crippen LogP) is 2.57. The molecule has 0 spiro atoms. The van der Waals surface area contributed by atoms with Gasteiger partial charge < -0.3 is 0 Å². The lowest BCUT2D eigenvalue weighted by Gasteiger charge is -2.03. The van der Waals surface area contributed by atoms with Crippen LogP contribution in [0.4, 0.5) is 13.2 Å². The number of thiol groups is 1. The van der Waals surface area contributed by atoms with Crippen molar-refractivity contribution < 1.29 is 18.0 Å². The van der Waals surface area contributed by atoms with Gasteiger partial charge in [0.25, 0.3) is 0 Å². The van der Waals surface area contributed by atoms with Crippen molar-refractivity contribution in [3.05, 3.63) is 0 Å². The fraction of sp³-hybridized carbons (Fsp3) is 0.833. The Morgan fingerprint density at radius 3 is 2.18 bits per heavy atom. The first-order chi connectivity index (χ1) is 4.92. The molecule has 66 valence electrons. The average molecular weight is 186 g/mol. The van der Waals surface area contributed by atoms with Crippen molar-refractivity contribution in [3.8, 4) is 0 Å². The number of halogens is 3. The van der Waals surface area contributed by atoms with Crippen molar-refractivity contribution in [2.75, 3.05) is 0 Å². The third kappa shape index (κ3) is 9.81. The lowest BCUT2D eigenvalue weighted by atomic mass is 10.2. The van der Waals surface area contributed by atoms with Gasteiger partial charge in [-0.15, -0.1) is 12.6 Å². The van der Waals surface area contributed by atoms with E-state index in [4.69, 9.17) is 0 Å². The summed E-state index contributed by atoms with van der Waals surface area (Å²) in [6.45, 7) is 0. The van der Waals surface area contributed by atoms with E-state index in [1.165, 1.54) is 0 Å². The number of hydrogen-bond acceptors (Lipinski definition) is 1. The Bertz CT molecular complexity index is 132. The first kappa shape index (κ1) is 10.8. The van der Waals surface area contributed by atoms with E-state index in [0.29, 0.717) is 0 Å². The second-order valence-electron chi connectivity index (χ2n) is 2.22. The molecule has 0 aliphatic carbocycles. The second kappa shape index (κ2) is 4.64. The Labute approximate surface area is 68.4 Å². The zero-order valence-corrected chi connectivity index (χ0v) is 6.71. The third-order valence-corrected chi connectivity index (χ3v) is 1.32. The van der Waals surface area contributed by atoms with Crippen LogP contribution in [0.5, 0.6) is 0 Å². The molecule has 11 heavy (non-hydrogen) atoms. The fourth-order valence-corrected chi connectivity index (χ4v) is 0.760. The molecule has 5 heteroatoms. The maximum absolute atomic E-state index is 11.5. The molecule has 0 atom stereocenters. The molecule has 0 heterocycles. The molecule has 0 aromatic rings. The topological polar surface area (TPSA) is 17.1 Å². The zero-order chi connectivity index (χ0) is 8.91. The van der Waals surface area contributed by atoms with Gasteiger partial charge in [0.05, 0.1) is 0 Å². The summed E-state index contributed by atoms with van der Waals surface area (Å²) in [6, 6.07) is 0. The lowest BCUT2D eigenvalue weighted by molar-refractivity contribution is -0.136. The quantitative estimate of drug-likeness (QED) is 0.527. The summed E-state index contributed by atoms with van der Waals surface area (Å²) < 4.78 is 34.4. The molecule has 0 bridgehead atoms. The molecular formula is C6H9F3OS. The van der Waals surface area contributed by atoms with Crippen LogP contribution in [0.15, 0.2) is 0 Å². The Kier molecular flexibility index (Phi) is 4.56. The highest BCUT2D eigenvalue weighted by atomic mass is 32.1. The monoisotopic (exact) mass is 186 g/mol. The van der Waals surface area contributed by atoms with Crippen LogP contribution < -0.4 is 0 Å². The van der Waals surface area contributed by atoms with Crippen molar-refractivity contribution >= 4 is 17.7 Å². The van der Waals surface area contributed by atoms with Crippen molar-refractivity contribution in [1.82, 2.24) is 0 Å². The maximum Gasteiger partial charge on any atom is 0.389 e. The Hall–Kier alpha value is -0.190. The number of carbonyl (C=O) groups is 1. The van der Waals surface area contributed by atoms with Gasteiger partial charge in [-0.05, 0) is 12.8 Å². The normalized spacial score (nSPS) is 11.6. The van der Waals surface area contributed by atoms with Crippen molar-refractivity contribution in [2.24, 2.45) is 0 Å². The first-order valence-corrected chi connectivity index (χ1v) is 3.65. The van der Waals surface area contributed by atoms with E-state index in [0.717, 1.165) is 0 Å². The molecule has 0 aromatic heterocycles. The molecule has 0 saturated heterocycles. The number of unbranched alkanes of at least 4 members (excludes halogenated alkanes) is 1. The molecule has 0 aliphatic rings. The third-order valence-electron chi connectivity index (χ3n) is 1.10. The van der Waals surface area contributed by atoms with Crippen molar-refractivity contribution in [1.29, 1.82) is 0 Å². The highest BCUT2D eigenvalue weighted by molar-refractivity contribution is 7.96. The minimum Gasteiger partial charge on any atom is -0.288 e. The molecule has 0 amide bonds. The second-order valence-corrected chi connectivity index (χ2v) is 2.71. The van der Waals surface area contributed by atoms with E-state index >= 15 is 0 Å². The number of hydrogen-bond donors (Lipinski definition) is 1. The Balaban J connectivity index is 3.22. The molecular weight excluding hydrogens is 177 g/mol. The molecule has 0 fully saturated rings. The maximum atomic E-state index is 11.5. The standard InChI is InChI=1S/C6H9F3OS/c7-6(8,9)4-2-1-3-5(10)11/h1-4H2,(H,10,11). The highest BCUT2D eigenvalue weighted by Crippen LogP contribution is 2.22. The number of rotatable bonds is 4. The van der Waals surface area contributed by atoms with Gasteiger partial charge in [0.1, 0.15) is 0 Å². The van der Waals surface area contributed by atoms with Crippen molar-refractivity contribution in [3.63, 3.8) is 0 Å². The van der Waals surface area contributed by atoms with Crippen molar-refractivity contribution in [2.45, 2.75) is 31.9 Å².